The van der Waals surface area contributed by atoms with Crippen molar-refractivity contribution in [2.75, 3.05) is 0 Å². The number of rotatable bonds is 5. The van der Waals surface area contributed by atoms with Crippen molar-refractivity contribution in [1.29, 1.82) is 0 Å². The summed E-state index contributed by atoms with van der Waals surface area (Å²) in [6.45, 7) is 1.65. The van der Waals surface area contributed by atoms with Crippen LogP contribution in [0.1, 0.15) is 19.8 Å². The van der Waals surface area contributed by atoms with Gasteiger partial charge in [-0.15, -0.1) is 0 Å². The Morgan fingerprint density at radius 1 is 1.64 bits per heavy atom. The molecule has 0 rings (SSSR count). The third-order valence-electron chi connectivity index (χ3n) is 1.40. The normalized spacial score (nSPS) is 13.2. The summed E-state index contributed by atoms with van der Waals surface area (Å²) in [5.41, 5.74) is 0. The van der Waals surface area contributed by atoms with Gasteiger partial charge in [-0.1, -0.05) is 13.0 Å². The zero-order chi connectivity index (χ0) is 8.69. The van der Waals surface area contributed by atoms with Gasteiger partial charge < -0.3 is 5.11 Å². The molecule has 0 aliphatic carbocycles. The van der Waals surface area contributed by atoms with Gasteiger partial charge in [0.1, 0.15) is 6.29 Å². The van der Waals surface area contributed by atoms with E-state index in [-0.39, 0.29) is 5.92 Å². The Bertz CT molecular complexity index is 161. The molecule has 0 spiro atoms. The average molecular weight is 156 g/mol. The first-order chi connectivity index (χ1) is 5.18. The Labute approximate surface area is 65.7 Å². The molecule has 0 fully saturated rings. The van der Waals surface area contributed by atoms with Crippen LogP contribution in [0.2, 0.25) is 0 Å². The fourth-order valence-electron chi connectivity index (χ4n) is 0.621. The highest BCUT2D eigenvalue weighted by Crippen LogP contribution is 2.05. The molecule has 0 aromatic rings. The lowest BCUT2D eigenvalue weighted by atomic mass is 10.1. The molecule has 62 valence electrons. The van der Waals surface area contributed by atoms with Crippen LogP contribution in [0.4, 0.5) is 0 Å². The third kappa shape index (κ3) is 5.33. The second kappa shape index (κ2) is 5.65. The average Bonchev–Trinajstić information content (AvgIpc) is 1.97. The smallest absolute Gasteiger partial charge is 0.306 e. The molecule has 3 heteroatoms. The van der Waals surface area contributed by atoms with Crippen molar-refractivity contribution in [3.05, 3.63) is 12.2 Å². The molecule has 0 radical (unpaired) electrons. The number of carbonyl (C=O) groups excluding carboxylic acids is 1. The maximum absolute atomic E-state index is 10.3. The van der Waals surface area contributed by atoms with Crippen LogP contribution in [0, 0.1) is 5.92 Å². The van der Waals surface area contributed by atoms with Crippen molar-refractivity contribution < 1.29 is 14.7 Å². The largest absolute Gasteiger partial charge is 0.481 e. The predicted octanol–water partition coefficient (Wildman–Crippen LogP) is 1.24. The van der Waals surface area contributed by atoms with E-state index < -0.39 is 5.97 Å². The minimum Gasteiger partial charge on any atom is -0.481 e. The first-order valence-electron chi connectivity index (χ1n) is 3.51. The maximum atomic E-state index is 10.3. The zero-order valence-corrected chi connectivity index (χ0v) is 6.49. The molecule has 0 aromatic carbocycles. The Morgan fingerprint density at radius 2 is 2.27 bits per heavy atom. The summed E-state index contributed by atoms with van der Waals surface area (Å²) in [7, 11) is 0. The summed E-state index contributed by atoms with van der Waals surface area (Å²) < 4.78 is 0. The van der Waals surface area contributed by atoms with Crippen molar-refractivity contribution in [2.45, 2.75) is 19.8 Å². The molecule has 0 aliphatic rings. The first kappa shape index (κ1) is 9.88. The lowest BCUT2D eigenvalue weighted by Crippen LogP contribution is -2.08. The fourth-order valence-corrected chi connectivity index (χ4v) is 0.621. The van der Waals surface area contributed by atoms with E-state index in [1.807, 2.05) is 0 Å². The molecule has 0 aliphatic heterocycles. The summed E-state index contributed by atoms with van der Waals surface area (Å²) in [5.74, 6) is -1.11. The number of carboxylic acid groups (broad SMARTS) is 1. The van der Waals surface area contributed by atoms with E-state index in [1.165, 1.54) is 6.08 Å². The molecule has 3 nitrogen and oxygen atoms in total. The standard InChI is InChI=1S/C8H12O3/c1-7(8(10)11)5-3-2-4-6-9/h2,4,6-7H,3,5H2,1H3,(H,10,11)/b4-2+. The van der Waals surface area contributed by atoms with E-state index in [0.29, 0.717) is 19.1 Å². The topological polar surface area (TPSA) is 54.4 Å². The minimum atomic E-state index is -0.787. The van der Waals surface area contributed by atoms with E-state index in [1.54, 1.807) is 13.0 Å². The van der Waals surface area contributed by atoms with Gasteiger partial charge in [-0.05, 0) is 18.9 Å². The fraction of sp³-hybridized carbons (Fsp3) is 0.500. The van der Waals surface area contributed by atoms with Crippen LogP contribution in [0.15, 0.2) is 12.2 Å². The van der Waals surface area contributed by atoms with Crippen LogP contribution in [0.3, 0.4) is 0 Å². The molecule has 0 heterocycles. The van der Waals surface area contributed by atoms with Gasteiger partial charge in [-0.2, -0.15) is 0 Å². The number of aliphatic carboxylic acids is 1. The number of aldehydes is 1. The van der Waals surface area contributed by atoms with E-state index >= 15 is 0 Å². The van der Waals surface area contributed by atoms with E-state index in [2.05, 4.69) is 0 Å². The molecule has 0 saturated carbocycles. The molecule has 0 amide bonds. The van der Waals surface area contributed by atoms with Gasteiger partial charge in [-0.25, -0.2) is 0 Å². The lowest BCUT2D eigenvalue weighted by Gasteiger charge is -2.00. The second-order valence-electron chi connectivity index (χ2n) is 2.38. The zero-order valence-electron chi connectivity index (χ0n) is 6.49. The summed E-state index contributed by atoms with van der Waals surface area (Å²) >= 11 is 0. The summed E-state index contributed by atoms with van der Waals surface area (Å²) in [6, 6.07) is 0. The predicted molar refractivity (Wildman–Crippen MR) is 41.2 cm³/mol. The summed E-state index contributed by atoms with van der Waals surface area (Å²) in [6.07, 6.45) is 4.97. The first-order valence-corrected chi connectivity index (χ1v) is 3.51. The molecular formula is C8H12O3. The molecule has 1 unspecified atom stereocenters. The minimum absolute atomic E-state index is 0.327. The number of allylic oxidation sites excluding steroid dienone is 2. The quantitative estimate of drug-likeness (QED) is 0.481. The van der Waals surface area contributed by atoms with Crippen molar-refractivity contribution in [3.8, 4) is 0 Å². The Morgan fingerprint density at radius 3 is 2.73 bits per heavy atom. The number of hydrogen-bond acceptors (Lipinski definition) is 2. The van der Waals surface area contributed by atoms with Crippen molar-refractivity contribution in [2.24, 2.45) is 5.92 Å². The van der Waals surface area contributed by atoms with Gasteiger partial charge in [0, 0.05) is 0 Å². The number of hydrogen-bond donors (Lipinski definition) is 1. The Balaban J connectivity index is 3.46. The second-order valence-corrected chi connectivity index (χ2v) is 2.38. The van der Waals surface area contributed by atoms with E-state index in [9.17, 15) is 9.59 Å². The van der Waals surface area contributed by atoms with Crippen LogP contribution in [-0.4, -0.2) is 17.4 Å². The van der Waals surface area contributed by atoms with Gasteiger partial charge in [0.05, 0.1) is 5.92 Å². The van der Waals surface area contributed by atoms with Gasteiger partial charge in [0.15, 0.2) is 0 Å². The van der Waals surface area contributed by atoms with Gasteiger partial charge >= 0.3 is 5.97 Å². The molecular weight excluding hydrogens is 144 g/mol. The third-order valence-corrected chi connectivity index (χ3v) is 1.40. The van der Waals surface area contributed by atoms with Crippen molar-refractivity contribution in [1.82, 2.24) is 0 Å². The number of carboxylic acids is 1. The lowest BCUT2D eigenvalue weighted by molar-refractivity contribution is -0.141. The highest BCUT2D eigenvalue weighted by molar-refractivity contribution is 5.69. The van der Waals surface area contributed by atoms with Crippen LogP contribution >= 0.6 is 0 Å². The highest BCUT2D eigenvalue weighted by Gasteiger charge is 2.08. The van der Waals surface area contributed by atoms with Gasteiger partial charge in [0.2, 0.25) is 0 Å². The van der Waals surface area contributed by atoms with Crippen LogP contribution < -0.4 is 0 Å². The monoisotopic (exact) mass is 156 g/mol. The highest BCUT2D eigenvalue weighted by atomic mass is 16.4. The van der Waals surface area contributed by atoms with Crippen molar-refractivity contribution in [3.63, 3.8) is 0 Å². The number of carbonyl (C=O) groups is 2. The summed E-state index contributed by atoms with van der Waals surface area (Å²) in [5, 5.41) is 8.44. The Hall–Kier alpha value is -1.12. The van der Waals surface area contributed by atoms with Crippen LogP contribution in [0.25, 0.3) is 0 Å². The molecule has 0 aromatic heterocycles. The Kier molecular flexibility index (Phi) is 5.07. The van der Waals surface area contributed by atoms with Crippen LogP contribution in [0.5, 0.6) is 0 Å². The van der Waals surface area contributed by atoms with Gasteiger partial charge in [-0.3, -0.25) is 9.59 Å². The SMILES string of the molecule is CC(CC/C=C/C=O)C(=O)O. The molecule has 1 N–H and O–H groups in total. The van der Waals surface area contributed by atoms with E-state index in [4.69, 9.17) is 5.11 Å². The summed E-state index contributed by atoms with van der Waals surface area (Å²) in [4.78, 5) is 20.0. The van der Waals surface area contributed by atoms with Gasteiger partial charge in [0.25, 0.3) is 0 Å². The van der Waals surface area contributed by atoms with Crippen LogP contribution in [-0.2, 0) is 9.59 Å². The molecule has 0 bridgehead atoms. The maximum Gasteiger partial charge on any atom is 0.306 e. The van der Waals surface area contributed by atoms with E-state index in [0.717, 1.165) is 0 Å². The molecule has 11 heavy (non-hydrogen) atoms. The van der Waals surface area contributed by atoms with Crippen molar-refractivity contribution >= 4 is 12.3 Å². The molecule has 0 saturated heterocycles. The molecule has 1 atom stereocenters.